The van der Waals surface area contributed by atoms with Gasteiger partial charge in [0.2, 0.25) is 0 Å². The van der Waals surface area contributed by atoms with Crippen molar-refractivity contribution in [2.24, 2.45) is 0 Å². The molecule has 0 aliphatic rings. The number of carboxylic acids is 1. The van der Waals surface area contributed by atoms with E-state index in [1.54, 1.807) is 6.07 Å². The van der Waals surface area contributed by atoms with E-state index in [1.165, 1.54) is 19.1 Å². The van der Waals surface area contributed by atoms with Crippen LogP contribution < -0.4 is 0 Å². The number of hydrogen-bond acceptors (Lipinski definition) is 2. The molecule has 0 amide bonds. The Balaban J connectivity index is 3.13. The van der Waals surface area contributed by atoms with Crippen LogP contribution in [-0.4, -0.2) is 16.2 Å². The van der Waals surface area contributed by atoms with Gasteiger partial charge in [-0.25, -0.2) is 0 Å². The number of carboxylic acid groups (broad SMARTS) is 1. The molecule has 0 aliphatic carbocycles. The standard InChI is InChI=1S/C10H10Cl2O3/c1-10(15,5-9(13)14)7-4-6(11)2-3-8(7)12/h2-4,15H,5H2,1H3,(H,13,14). The molecule has 0 aromatic heterocycles. The lowest BCUT2D eigenvalue weighted by molar-refractivity contribution is -0.142. The molecular formula is C10H10Cl2O3. The number of carbonyl (C=O) groups is 1. The molecule has 0 radical (unpaired) electrons. The van der Waals surface area contributed by atoms with E-state index in [4.69, 9.17) is 28.3 Å². The number of aliphatic carboxylic acids is 1. The molecule has 0 fully saturated rings. The highest BCUT2D eigenvalue weighted by atomic mass is 35.5. The van der Waals surface area contributed by atoms with Gasteiger partial charge in [-0.2, -0.15) is 0 Å². The lowest BCUT2D eigenvalue weighted by Crippen LogP contribution is -2.25. The van der Waals surface area contributed by atoms with Gasteiger partial charge in [0.15, 0.2) is 0 Å². The van der Waals surface area contributed by atoms with Gasteiger partial charge in [-0.05, 0) is 25.1 Å². The van der Waals surface area contributed by atoms with Crippen molar-refractivity contribution in [3.8, 4) is 0 Å². The monoisotopic (exact) mass is 248 g/mol. The third-order valence-corrected chi connectivity index (χ3v) is 2.57. The van der Waals surface area contributed by atoms with Crippen molar-refractivity contribution in [2.45, 2.75) is 18.9 Å². The van der Waals surface area contributed by atoms with Crippen LogP contribution in [0.4, 0.5) is 0 Å². The molecule has 3 nitrogen and oxygen atoms in total. The van der Waals surface area contributed by atoms with Crippen LogP contribution >= 0.6 is 23.2 Å². The zero-order valence-electron chi connectivity index (χ0n) is 8.00. The Kier molecular flexibility index (Phi) is 3.60. The highest BCUT2D eigenvalue weighted by molar-refractivity contribution is 6.33. The zero-order valence-corrected chi connectivity index (χ0v) is 9.51. The summed E-state index contributed by atoms with van der Waals surface area (Å²) in [5.74, 6) is -1.10. The van der Waals surface area contributed by atoms with Crippen molar-refractivity contribution in [3.63, 3.8) is 0 Å². The minimum atomic E-state index is -1.52. The molecular weight excluding hydrogens is 239 g/mol. The smallest absolute Gasteiger partial charge is 0.306 e. The van der Waals surface area contributed by atoms with E-state index in [9.17, 15) is 9.90 Å². The minimum Gasteiger partial charge on any atom is -0.481 e. The number of rotatable bonds is 3. The van der Waals surface area contributed by atoms with Gasteiger partial charge in [-0.1, -0.05) is 23.2 Å². The van der Waals surface area contributed by atoms with E-state index in [0.717, 1.165) is 0 Å². The molecule has 82 valence electrons. The average molecular weight is 249 g/mol. The van der Waals surface area contributed by atoms with Crippen LogP contribution in [0.25, 0.3) is 0 Å². The molecule has 0 spiro atoms. The Labute approximate surface area is 97.2 Å². The third-order valence-electron chi connectivity index (χ3n) is 2.00. The maximum absolute atomic E-state index is 10.5. The van der Waals surface area contributed by atoms with Crippen molar-refractivity contribution >= 4 is 29.2 Å². The zero-order chi connectivity index (χ0) is 11.6. The summed E-state index contributed by atoms with van der Waals surface area (Å²) >= 11 is 11.6. The molecule has 15 heavy (non-hydrogen) atoms. The van der Waals surface area contributed by atoms with Crippen LogP contribution in [0.15, 0.2) is 18.2 Å². The number of halogens is 2. The Hall–Kier alpha value is -0.770. The van der Waals surface area contributed by atoms with Crippen molar-refractivity contribution < 1.29 is 15.0 Å². The first-order valence-electron chi connectivity index (χ1n) is 4.22. The maximum Gasteiger partial charge on any atom is 0.306 e. The second kappa shape index (κ2) is 4.39. The summed E-state index contributed by atoms with van der Waals surface area (Å²) in [6.45, 7) is 1.39. The first-order chi connectivity index (χ1) is 6.83. The Morgan fingerprint density at radius 2 is 2.07 bits per heavy atom. The van der Waals surface area contributed by atoms with Gasteiger partial charge in [0.25, 0.3) is 0 Å². The molecule has 1 unspecified atom stereocenters. The van der Waals surface area contributed by atoms with E-state index in [0.29, 0.717) is 15.6 Å². The molecule has 1 rings (SSSR count). The minimum absolute atomic E-state index is 0.297. The molecule has 0 aliphatic heterocycles. The average Bonchev–Trinajstić information content (AvgIpc) is 2.06. The number of aliphatic hydroxyl groups is 1. The maximum atomic E-state index is 10.5. The fourth-order valence-electron chi connectivity index (χ4n) is 1.30. The van der Waals surface area contributed by atoms with Crippen LogP contribution in [0.3, 0.4) is 0 Å². The molecule has 0 bridgehead atoms. The van der Waals surface area contributed by atoms with Crippen molar-refractivity contribution in [1.29, 1.82) is 0 Å². The van der Waals surface area contributed by atoms with Crippen molar-refractivity contribution in [3.05, 3.63) is 33.8 Å². The summed E-state index contributed by atoms with van der Waals surface area (Å²) in [7, 11) is 0. The van der Waals surface area contributed by atoms with Crippen LogP contribution in [0.1, 0.15) is 18.9 Å². The largest absolute Gasteiger partial charge is 0.481 e. The highest BCUT2D eigenvalue weighted by Gasteiger charge is 2.28. The van der Waals surface area contributed by atoms with Crippen molar-refractivity contribution in [2.75, 3.05) is 0 Å². The number of hydrogen-bond donors (Lipinski definition) is 2. The molecule has 1 atom stereocenters. The number of benzene rings is 1. The fourth-order valence-corrected chi connectivity index (χ4v) is 1.79. The normalized spacial score (nSPS) is 14.7. The SMILES string of the molecule is CC(O)(CC(=O)O)c1cc(Cl)ccc1Cl. The van der Waals surface area contributed by atoms with E-state index in [1.807, 2.05) is 0 Å². The fraction of sp³-hybridized carbons (Fsp3) is 0.300. The first-order valence-corrected chi connectivity index (χ1v) is 4.98. The first kappa shape index (κ1) is 12.3. The summed E-state index contributed by atoms with van der Waals surface area (Å²) in [5, 5.41) is 19.3. The lowest BCUT2D eigenvalue weighted by Gasteiger charge is -2.23. The van der Waals surface area contributed by atoms with Crippen LogP contribution in [-0.2, 0) is 10.4 Å². The Morgan fingerprint density at radius 1 is 1.47 bits per heavy atom. The Bertz CT molecular complexity index is 388. The molecule has 1 aromatic rings. The third kappa shape index (κ3) is 3.09. The summed E-state index contributed by atoms with van der Waals surface area (Å²) in [6, 6.07) is 4.56. The van der Waals surface area contributed by atoms with Gasteiger partial charge in [0.05, 0.1) is 12.0 Å². The second-order valence-corrected chi connectivity index (χ2v) is 4.31. The van der Waals surface area contributed by atoms with Crippen LogP contribution in [0.5, 0.6) is 0 Å². The van der Waals surface area contributed by atoms with Gasteiger partial charge in [0, 0.05) is 15.6 Å². The summed E-state index contributed by atoms with van der Waals surface area (Å²) in [6.07, 6.45) is -0.424. The highest BCUT2D eigenvalue weighted by Crippen LogP contribution is 2.32. The van der Waals surface area contributed by atoms with E-state index < -0.39 is 18.0 Å². The Morgan fingerprint density at radius 3 is 2.60 bits per heavy atom. The van der Waals surface area contributed by atoms with Crippen molar-refractivity contribution in [1.82, 2.24) is 0 Å². The van der Waals surface area contributed by atoms with E-state index in [-0.39, 0.29) is 0 Å². The van der Waals surface area contributed by atoms with Crippen LogP contribution in [0.2, 0.25) is 10.0 Å². The lowest BCUT2D eigenvalue weighted by atomic mass is 9.92. The van der Waals surface area contributed by atoms with Gasteiger partial charge < -0.3 is 10.2 Å². The predicted octanol–water partition coefficient (Wildman–Crippen LogP) is 2.68. The van der Waals surface area contributed by atoms with Gasteiger partial charge in [-0.15, -0.1) is 0 Å². The molecule has 0 saturated carbocycles. The molecule has 2 N–H and O–H groups in total. The van der Waals surface area contributed by atoms with E-state index >= 15 is 0 Å². The summed E-state index contributed by atoms with van der Waals surface area (Å²) in [4.78, 5) is 10.5. The molecule has 1 aromatic carbocycles. The van der Waals surface area contributed by atoms with Gasteiger partial charge in [0.1, 0.15) is 0 Å². The topological polar surface area (TPSA) is 57.5 Å². The summed E-state index contributed by atoms with van der Waals surface area (Å²) < 4.78 is 0. The predicted molar refractivity (Wildman–Crippen MR) is 58.3 cm³/mol. The molecule has 0 heterocycles. The van der Waals surface area contributed by atoms with E-state index in [2.05, 4.69) is 0 Å². The van der Waals surface area contributed by atoms with Crippen LogP contribution in [0, 0.1) is 0 Å². The molecule has 0 saturated heterocycles. The van der Waals surface area contributed by atoms with Gasteiger partial charge in [-0.3, -0.25) is 4.79 Å². The van der Waals surface area contributed by atoms with Gasteiger partial charge >= 0.3 is 5.97 Å². The molecule has 5 heteroatoms. The second-order valence-electron chi connectivity index (χ2n) is 3.47. The quantitative estimate of drug-likeness (QED) is 0.865. The summed E-state index contributed by atoms with van der Waals surface area (Å²) in [5.41, 5.74) is -1.20.